The summed E-state index contributed by atoms with van der Waals surface area (Å²) in [6.07, 6.45) is 7.58. The van der Waals surface area contributed by atoms with Crippen molar-refractivity contribution in [3.63, 3.8) is 0 Å². The van der Waals surface area contributed by atoms with Gasteiger partial charge in [0.05, 0.1) is 0 Å². The summed E-state index contributed by atoms with van der Waals surface area (Å²) >= 11 is 0. The molecule has 0 spiro atoms. The first-order valence-corrected chi connectivity index (χ1v) is 7.52. The molecule has 2 N–H and O–H groups in total. The normalized spacial score (nSPS) is 14.9. The first kappa shape index (κ1) is 16.0. The number of amides is 2. The van der Waals surface area contributed by atoms with Gasteiger partial charge in [-0.05, 0) is 30.9 Å². The standard InChI is InChI=1S/C18H22N2O2/c1-13-8-10-15(11-9-13)12-19-18(22)17(20-14(2)21)16-6-4-3-5-7-16/h3-4,6,8-11,17H,5,7,12H2,1-2H3,(H,19,22)(H,20,21). The van der Waals surface area contributed by atoms with Gasteiger partial charge in [-0.25, -0.2) is 0 Å². The van der Waals surface area contributed by atoms with E-state index in [2.05, 4.69) is 16.7 Å². The van der Waals surface area contributed by atoms with E-state index in [1.807, 2.05) is 43.3 Å². The van der Waals surface area contributed by atoms with Crippen LogP contribution in [0.25, 0.3) is 0 Å². The summed E-state index contributed by atoms with van der Waals surface area (Å²) in [5, 5.41) is 5.64. The Morgan fingerprint density at radius 3 is 2.55 bits per heavy atom. The molecule has 22 heavy (non-hydrogen) atoms. The third-order valence-electron chi connectivity index (χ3n) is 3.61. The lowest BCUT2D eigenvalue weighted by Crippen LogP contribution is -2.47. The maximum atomic E-state index is 12.4. The summed E-state index contributed by atoms with van der Waals surface area (Å²) in [5.74, 6) is -0.372. The molecule has 1 unspecified atom stereocenters. The second-order valence-corrected chi connectivity index (χ2v) is 5.55. The minimum atomic E-state index is -0.590. The third-order valence-corrected chi connectivity index (χ3v) is 3.61. The fourth-order valence-electron chi connectivity index (χ4n) is 2.39. The predicted octanol–water partition coefficient (Wildman–Crippen LogP) is 2.39. The molecule has 116 valence electrons. The second-order valence-electron chi connectivity index (χ2n) is 5.55. The van der Waals surface area contributed by atoms with Crippen molar-refractivity contribution in [2.45, 2.75) is 39.3 Å². The molecule has 1 aromatic carbocycles. The number of carbonyl (C=O) groups is 2. The van der Waals surface area contributed by atoms with Crippen molar-refractivity contribution in [1.29, 1.82) is 0 Å². The number of allylic oxidation sites excluding steroid dienone is 3. The van der Waals surface area contributed by atoms with E-state index in [0.717, 1.165) is 24.0 Å². The van der Waals surface area contributed by atoms with Gasteiger partial charge in [-0.3, -0.25) is 9.59 Å². The molecule has 1 aromatic rings. The minimum absolute atomic E-state index is 0.169. The first-order chi connectivity index (χ1) is 10.6. The molecule has 1 atom stereocenters. The average Bonchev–Trinajstić information content (AvgIpc) is 2.52. The molecule has 0 heterocycles. The molecule has 0 aromatic heterocycles. The lowest BCUT2D eigenvalue weighted by Gasteiger charge is -2.21. The molecule has 0 aliphatic heterocycles. The van der Waals surface area contributed by atoms with Crippen LogP contribution in [0.5, 0.6) is 0 Å². The molecule has 1 aliphatic rings. The maximum absolute atomic E-state index is 12.4. The van der Waals surface area contributed by atoms with Crippen LogP contribution in [0.3, 0.4) is 0 Å². The number of aryl methyl sites for hydroxylation is 1. The lowest BCUT2D eigenvalue weighted by molar-refractivity contribution is -0.127. The van der Waals surface area contributed by atoms with E-state index < -0.39 is 6.04 Å². The zero-order valence-corrected chi connectivity index (χ0v) is 13.1. The van der Waals surface area contributed by atoms with Gasteiger partial charge in [0.25, 0.3) is 0 Å². The van der Waals surface area contributed by atoms with E-state index in [-0.39, 0.29) is 11.8 Å². The summed E-state index contributed by atoms with van der Waals surface area (Å²) in [7, 11) is 0. The highest BCUT2D eigenvalue weighted by Gasteiger charge is 2.23. The lowest BCUT2D eigenvalue weighted by atomic mass is 9.97. The number of hydrogen-bond acceptors (Lipinski definition) is 2. The molecule has 2 amide bonds. The summed E-state index contributed by atoms with van der Waals surface area (Å²) in [4.78, 5) is 23.8. The van der Waals surface area contributed by atoms with Gasteiger partial charge in [-0.15, -0.1) is 0 Å². The number of benzene rings is 1. The number of hydrogen-bond donors (Lipinski definition) is 2. The van der Waals surface area contributed by atoms with Crippen LogP contribution in [0.2, 0.25) is 0 Å². The SMILES string of the molecule is CC(=O)NC(C(=O)NCc1ccc(C)cc1)C1=CC=CCC1. The van der Waals surface area contributed by atoms with Crippen molar-refractivity contribution in [2.75, 3.05) is 0 Å². The van der Waals surface area contributed by atoms with Crippen LogP contribution in [0.4, 0.5) is 0 Å². The van der Waals surface area contributed by atoms with Gasteiger partial charge in [0, 0.05) is 13.5 Å². The largest absolute Gasteiger partial charge is 0.350 e. The smallest absolute Gasteiger partial charge is 0.247 e. The van der Waals surface area contributed by atoms with Crippen LogP contribution in [-0.2, 0) is 16.1 Å². The molecule has 2 rings (SSSR count). The van der Waals surface area contributed by atoms with Crippen LogP contribution in [0, 0.1) is 6.92 Å². The third kappa shape index (κ3) is 4.58. The molecular formula is C18H22N2O2. The number of nitrogens with one attached hydrogen (secondary N) is 2. The van der Waals surface area contributed by atoms with E-state index in [0.29, 0.717) is 6.54 Å². The van der Waals surface area contributed by atoms with E-state index in [1.165, 1.54) is 12.5 Å². The zero-order valence-electron chi connectivity index (χ0n) is 13.1. The molecule has 0 fully saturated rings. The Balaban J connectivity index is 2.02. The zero-order chi connectivity index (χ0) is 15.9. The van der Waals surface area contributed by atoms with Gasteiger partial charge in [0.2, 0.25) is 11.8 Å². The topological polar surface area (TPSA) is 58.2 Å². The van der Waals surface area contributed by atoms with Crippen LogP contribution < -0.4 is 10.6 Å². The van der Waals surface area contributed by atoms with Crippen LogP contribution in [0.1, 0.15) is 30.9 Å². The Morgan fingerprint density at radius 1 is 1.23 bits per heavy atom. The van der Waals surface area contributed by atoms with E-state index in [9.17, 15) is 9.59 Å². The van der Waals surface area contributed by atoms with Crippen molar-refractivity contribution in [3.8, 4) is 0 Å². The second kappa shape index (κ2) is 7.59. The highest BCUT2D eigenvalue weighted by Crippen LogP contribution is 2.16. The Labute approximate surface area is 131 Å². The van der Waals surface area contributed by atoms with E-state index >= 15 is 0 Å². The Morgan fingerprint density at radius 2 is 1.95 bits per heavy atom. The fraction of sp³-hybridized carbons (Fsp3) is 0.333. The fourth-order valence-corrected chi connectivity index (χ4v) is 2.39. The molecule has 0 saturated heterocycles. The summed E-state index contributed by atoms with van der Waals surface area (Å²) in [6.45, 7) is 3.91. The van der Waals surface area contributed by atoms with E-state index in [4.69, 9.17) is 0 Å². The minimum Gasteiger partial charge on any atom is -0.350 e. The summed E-state index contributed by atoms with van der Waals surface area (Å²) < 4.78 is 0. The average molecular weight is 298 g/mol. The van der Waals surface area contributed by atoms with Gasteiger partial charge in [0.1, 0.15) is 6.04 Å². The van der Waals surface area contributed by atoms with Crippen LogP contribution >= 0.6 is 0 Å². The van der Waals surface area contributed by atoms with Gasteiger partial charge < -0.3 is 10.6 Å². The van der Waals surface area contributed by atoms with Crippen molar-refractivity contribution in [2.24, 2.45) is 0 Å². The number of rotatable bonds is 5. The quantitative estimate of drug-likeness (QED) is 0.877. The Kier molecular flexibility index (Phi) is 5.53. The Bertz CT molecular complexity index is 600. The van der Waals surface area contributed by atoms with Crippen molar-refractivity contribution in [3.05, 3.63) is 59.2 Å². The number of carbonyl (C=O) groups excluding carboxylic acids is 2. The molecular weight excluding hydrogens is 276 g/mol. The maximum Gasteiger partial charge on any atom is 0.247 e. The monoisotopic (exact) mass is 298 g/mol. The summed E-state index contributed by atoms with van der Waals surface area (Å²) in [5.41, 5.74) is 3.17. The van der Waals surface area contributed by atoms with Gasteiger partial charge in [-0.2, -0.15) is 0 Å². The van der Waals surface area contributed by atoms with Crippen molar-refractivity contribution >= 4 is 11.8 Å². The van der Waals surface area contributed by atoms with Crippen LogP contribution in [-0.4, -0.2) is 17.9 Å². The molecule has 0 bridgehead atoms. The van der Waals surface area contributed by atoms with Gasteiger partial charge in [0.15, 0.2) is 0 Å². The molecule has 4 nitrogen and oxygen atoms in total. The van der Waals surface area contributed by atoms with Crippen molar-refractivity contribution < 1.29 is 9.59 Å². The van der Waals surface area contributed by atoms with Crippen molar-refractivity contribution in [1.82, 2.24) is 10.6 Å². The van der Waals surface area contributed by atoms with Gasteiger partial charge >= 0.3 is 0 Å². The summed E-state index contributed by atoms with van der Waals surface area (Å²) in [6, 6.07) is 7.42. The van der Waals surface area contributed by atoms with Gasteiger partial charge in [-0.1, -0.05) is 48.1 Å². The highest BCUT2D eigenvalue weighted by atomic mass is 16.2. The first-order valence-electron chi connectivity index (χ1n) is 7.52. The predicted molar refractivity (Wildman–Crippen MR) is 87.1 cm³/mol. The Hall–Kier alpha value is -2.36. The van der Waals surface area contributed by atoms with Crippen LogP contribution in [0.15, 0.2) is 48.1 Å². The highest BCUT2D eigenvalue weighted by molar-refractivity contribution is 5.89. The molecule has 4 heteroatoms. The molecule has 1 aliphatic carbocycles. The molecule has 0 saturated carbocycles. The molecule has 0 radical (unpaired) electrons. The van der Waals surface area contributed by atoms with E-state index in [1.54, 1.807) is 0 Å².